The number of hydrogen-bond donors (Lipinski definition) is 0. The molecule has 25 heavy (non-hydrogen) atoms. The van der Waals surface area contributed by atoms with E-state index in [2.05, 4.69) is 5.10 Å². The molecule has 2 aromatic carbocycles. The largest absolute Gasteiger partial charge is 0.338 e. The summed E-state index contributed by atoms with van der Waals surface area (Å²) in [4.78, 5) is 14.0. The van der Waals surface area contributed by atoms with Crippen LogP contribution in [0.2, 0.25) is 0 Å². The first-order valence-corrected chi connectivity index (χ1v) is 8.20. The van der Waals surface area contributed by atoms with Gasteiger partial charge in [-0.25, -0.2) is 4.68 Å². The van der Waals surface area contributed by atoms with E-state index in [9.17, 15) is 4.79 Å². The first-order chi connectivity index (χ1) is 12.1. The molecule has 3 rings (SSSR count). The number of carbonyl (C=O) groups is 1. The Balaban J connectivity index is 1.62. The lowest BCUT2D eigenvalue weighted by molar-refractivity contribution is -0.125. The molecule has 3 aromatic rings. The highest BCUT2D eigenvalue weighted by molar-refractivity contribution is 5.91. The van der Waals surface area contributed by atoms with Crippen LogP contribution < -0.4 is 0 Å². The Morgan fingerprint density at radius 3 is 2.56 bits per heavy atom. The zero-order chi connectivity index (χ0) is 17.6. The summed E-state index contributed by atoms with van der Waals surface area (Å²) in [6, 6.07) is 18.0. The Labute approximate surface area is 148 Å². The Bertz CT molecular complexity index is 864. The minimum Gasteiger partial charge on any atom is -0.338 e. The maximum absolute atomic E-state index is 12.3. The molecule has 0 spiro atoms. The summed E-state index contributed by atoms with van der Waals surface area (Å²) in [7, 11) is 1.79. The fourth-order valence-electron chi connectivity index (χ4n) is 2.49. The molecule has 1 heterocycles. The molecule has 0 atom stereocenters. The number of amides is 1. The number of likely N-dealkylation sites (N-methyl/N-ethyl adjacent to an activating group) is 1. The van der Waals surface area contributed by atoms with Crippen molar-refractivity contribution in [3.05, 3.63) is 89.8 Å². The summed E-state index contributed by atoms with van der Waals surface area (Å²) in [6.07, 6.45) is 7.18. The van der Waals surface area contributed by atoms with Gasteiger partial charge in [0.1, 0.15) is 0 Å². The molecule has 0 saturated carbocycles. The maximum atomic E-state index is 12.3. The second-order valence-corrected chi connectivity index (χ2v) is 6.07. The van der Waals surface area contributed by atoms with Gasteiger partial charge < -0.3 is 4.90 Å². The minimum absolute atomic E-state index is 0.0342. The molecule has 1 aromatic heterocycles. The van der Waals surface area contributed by atoms with Crippen LogP contribution in [0, 0.1) is 6.92 Å². The van der Waals surface area contributed by atoms with E-state index in [0.717, 1.165) is 16.8 Å². The summed E-state index contributed by atoms with van der Waals surface area (Å²) < 4.78 is 1.82. The second-order valence-electron chi connectivity index (χ2n) is 6.07. The highest BCUT2D eigenvalue weighted by atomic mass is 16.2. The highest BCUT2D eigenvalue weighted by Crippen LogP contribution is 2.10. The smallest absolute Gasteiger partial charge is 0.246 e. The van der Waals surface area contributed by atoms with Gasteiger partial charge in [0.25, 0.3) is 0 Å². The van der Waals surface area contributed by atoms with Crippen LogP contribution >= 0.6 is 0 Å². The molecule has 0 aliphatic carbocycles. The van der Waals surface area contributed by atoms with Crippen molar-refractivity contribution in [2.24, 2.45) is 0 Å². The number of benzene rings is 2. The molecule has 0 bridgehead atoms. The van der Waals surface area contributed by atoms with Crippen molar-refractivity contribution >= 4 is 12.0 Å². The van der Waals surface area contributed by atoms with Crippen LogP contribution in [0.3, 0.4) is 0 Å². The van der Waals surface area contributed by atoms with Crippen LogP contribution in [0.1, 0.15) is 16.7 Å². The summed E-state index contributed by atoms with van der Waals surface area (Å²) in [6.45, 7) is 2.56. The van der Waals surface area contributed by atoms with Crippen molar-refractivity contribution in [3.8, 4) is 5.69 Å². The summed E-state index contributed by atoms with van der Waals surface area (Å²) in [5.41, 5.74) is 4.21. The van der Waals surface area contributed by atoms with Gasteiger partial charge in [-0.2, -0.15) is 5.10 Å². The Morgan fingerprint density at radius 2 is 1.84 bits per heavy atom. The number of nitrogens with zero attached hydrogens (tertiary/aromatic N) is 3. The third-order valence-electron chi connectivity index (χ3n) is 3.95. The Morgan fingerprint density at radius 1 is 1.12 bits per heavy atom. The Kier molecular flexibility index (Phi) is 5.09. The minimum atomic E-state index is -0.0342. The molecule has 0 radical (unpaired) electrons. The molecule has 0 N–H and O–H groups in total. The van der Waals surface area contributed by atoms with E-state index in [1.165, 1.54) is 5.56 Å². The van der Waals surface area contributed by atoms with Gasteiger partial charge in [0.05, 0.1) is 11.9 Å². The lowest BCUT2D eigenvalue weighted by atomic mass is 10.1. The first-order valence-electron chi connectivity index (χ1n) is 8.20. The van der Waals surface area contributed by atoms with Crippen LogP contribution in [0.4, 0.5) is 0 Å². The van der Waals surface area contributed by atoms with Crippen molar-refractivity contribution < 1.29 is 4.79 Å². The molecular weight excluding hydrogens is 310 g/mol. The van der Waals surface area contributed by atoms with E-state index in [1.54, 1.807) is 24.2 Å². The SMILES string of the molecule is Cc1ccc(/C=C/C(=O)N(C)Cc2cnn(-c3ccccc3)c2)cc1. The lowest BCUT2D eigenvalue weighted by Gasteiger charge is -2.13. The van der Waals surface area contributed by atoms with Crippen molar-refractivity contribution in [1.29, 1.82) is 0 Å². The predicted molar refractivity (Wildman–Crippen MR) is 100 cm³/mol. The zero-order valence-corrected chi connectivity index (χ0v) is 14.5. The molecule has 1 amide bonds. The average Bonchev–Trinajstić information content (AvgIpc) is 3.10. The first kappa shape index (κ1) is 16.7. The van der Waals surface area contributed by atoms with Crippen molar-refractivity contribution in [2.75, 3.05) is 7.05 Å². The average molecular weight is 331 g/mol. The van der Waals surface area contributed by atoms with Gasteiger partial charge in [-0.1, -0.05) is 48.0 Å². The van der Waals surface area contributed by atoms with Gasteiger partial charge in [0, 0.05) is 31.4 Å². The molecule has 0 aliphatic heterocycles. The lowest BCUT2D eigenvalue weighted by Crippen LogP contribution is -2.23. The zero-order valence-electron chi connectivity index (χ0n) is 14.5. The number of para-hydroxylation sites is 1. The number of rotatable bonds is 5. The van der Waals surface area contributed by atoms with E-state index in [-0.39, 0.29) is 5.91 Å². The van der Waals surface area contributed by atoms with Crippen LogP contribution in [0.15, 0.2) is 73.1 Å². The van der Waals surface area contributed by atoms with Gasteiger partial charge in [-0.3, -0.25) is 4.79 Å². The quantitative estimate of drug-likeness (QED) is 0.666. The number of aryl methyl sites for hydroxylation is 1. The predicted octanol–water partition coefficient (Wildman–Crippen LogP) is 3.85. The van der Waals surface area contributed by atoms with E-state index in [4.69, 9.17) is 0 Å². The Hall–Kier alpha value is -3.14. The summed E-state index contributed by atoms with van der Waals surface area (Å²) in [5, 5.41) is 4.36. The summed E-state index contributed by atoms with van der Waals surface area (Å²) in [5.74, 6) is -0.0342. The van der Waals surface area contributed by atoms with Gasteiger partial charge in [-0.05, 0) is 30.7 Å². The van der Waals surface area contributed by atoms with E-state index in [0.29, 0.717) is 6.54 Å². The molecule has 0 aliphatic rings. The van der Waals surface area contributed by atoms with E-state index < -0.39 is 0 Å². The van der Waals surface area contributed by atoms with Crippen LogP contribution in [0.25, 0.3) is 11.8 Å². The van der Waals surface area contributed by atoms with Crippen molar-refractivity contribution in [2.45, 2.75) is 13.5 Å². The third kappa shape index (κ3) is 4.44. The highest BCUT2D eigenvalue weighted by Gasteiger charge is 2.08. The van der Waals surface area contributed by atoms with Crippen LogP contribution in [-0.4, -0.2) is 27.6 Å². The maximum Gasteiger partial charge on any atom is 0.246 e. The van der Waals surface area contributed by atoms with Crippen molar-refractivity contribution in [3.63, 3.8) is 0 Å². The fraction of sp³-hybridized carbons (Fsp3) is 0.143. The second kappa shape index (κ2) is 7.62. The van der Waals surface area contributed by atoms with Crippen LogP contribution in [0.5, 0.6) is 0 Å². The van der Waals surface area contributed by atoms with Gasteiger partial charge in [0.2, 0.25) is 5.91 Å². The molecule has 0 saturated heterocycles. The molecular formula is C21H21N3O. The number of aromatic nitrogens is 2. The van der Waals surface area contributed by atoms with Gasteiger partial charge >= 0.3 is 0 Å². The third-order valence-corrected chi connectivity index (χ3v) is 3.95. The van der Waals surface area contributed by atoms with Gasteiger partial charge in [0.15, 0.2) is 0 Å². The molecule has 0 fully saturated rings. The number of carbonyl (C=O) groups excluding carboxylic acids is 1. The van der Waals surface area contributed by atoms with E-state index in [1.807, 2.05) is 78.5 Å². The topological polar surface area (TPSA) is 38.1 Å². The van der Waals surface area contributed by atoms with Crippen LogP contribution in [-0.2, 0) is 11.3 Å². The summed E-state index contributed by atoms with van der Waals surface area (Å²) >= 11 is 0. The molecule has 126 valence electrons. The normalized spacial score (nSPS) is 11.0. The fourth-order valence-corrected chi connectivity index (χ4v) is 2.49. The number of hydrogen-bond acceptors (Lipinski definition) is 2. The molecule has 4 heteroatoms. The van der Waals surface area contributed by atoms with Crippen molar-refractivity contribution in [1.82, 2.24) is 14.7 Å². The molecule has 4 nitrogen and oxygen atoms in total. The van der Waals surface area contributed by atoms with Gasteiger partial charge in [-0.15, -0.1) is 0 Å². The van der Waals surface area contributed by atoms with E-state index >= 15 is 0 Å². The monoisotopic (exact) mass is 331 g/mol. The molecule has 0 unspecified atom stereocenters. The standard InChI is InChI=1S/C21H21N3O/c1-17-8-10-18(11-9-17)12-13-21(25)23(2)15-19-14-22-24(16-19)20-6-4-3-5-7-20/h3-14,16H,15H2,1-2H3/b13-12+.